The molecule has 2 aliphatic rings. The lowest BCUT2D eigenvalue weighted by atomic mass is 10.0. The van der Waals surface area contributed by atoms with E-state index < -0.39 is 29.4 Å². The van der Waals surface area contributed by atoms with Gasteiger partial charge in [0, 0.05) is 16.2 Å². The fourth-order valence-electron chi connectivity index (χ4n) is 3.63. The first-order valence-electron chi connectivity index (χ1n) is 11.0. The van der Waals surface area contributed by atoms with E-state index in [0.29, 0.717) is 5.57 Å². The van der Waals surface area contributed by atoms with Crippen molar-refractivity contribution in [1.29, 1.82) is 0 Å². The molecule has 1 N–H and O–H groups in total. The molecule has 0 saturated carbocycles. The molecule has 0 radical (unpaired) electrons. The van der Waals surface area contributed by atoms with Crippen molar-refractivity contribution in [1.82, 2.24) is 10.2 Å². The van der Waals surface area contributed by atoms with Crippen LogP contribution in [0.2, 0.25) is 0 Å². The first-order valence-corrected chi connectivity index (χ1v) is 12.9. The second-order valence-electron chi connectivity index (χ2n) is 7.78. The first kappa shape index (κ1) is 26.1. The van der Waals surface area contributed by atoms with Crippen LogP contribution in [0.3, 0.4) is 0 Å². The maximum atomic E-state index is 13.0. The SMILES string of the molecule is C=CCOC(=O)C1=C(COC(=O)Oc2ccc(N=O)cc2)CS[C@@H]2[C@H](NC(=O)Cc3cccs3)C(=O)N12. The molecule has 13 heteroatoms. The molecular weight excluding hydrogens is 522 g/mol. The fourth-order valence-corrected chi connectivity index (χ4v) is 5.66. The van der Waals surface area contributed by atoms with Crippen molar-refractivity contribution in [2.45, 2.75) is 17.8 Å². The molecule has 1 aromatic heterocycles. The third-order valence-corrected chi connectivity index (χ3v) is 7.53. The number of hydrogen-bond donors (Lipinski definition) is 1. The van der Waals surface area contributed by atoms with Crippen LogP contribution < -0.4 is 10.1 Å². The van der Waals surface area contributed by atoms with E-state index in [1.165, 1.54) is 58.3 Å². The van der Waals surface area contributed by atoms with E-state index in [4.69, 9.17) is 14.2 Å². The Kier molecular flexibility index (Phi) is 8.36. The Labute approximate surface area is 219 Å². The average Bonchev–Trinajstić information content (AvgIpc) is 3.42. The van der Waals surface area contributed by atoms with E-state index in [1.54, 1.807) is 0 Å². The number of nitrogens with one attached hydrogen (secondary N) is 1. The summed E-state index contributed by atoms with van der Waals surface area (Å²) in [5, 5.41) is 6.86. The van der Waals surface area contributed by atoms with Crippen molar-refractivity contribution in [3.05, 3.63) is 75.5 Å². The van der Waals surface area contributed by atoms with Crippen molar-refractivity contribution >= 4 is 52.7 Å². The summed E-state index contributed by atoms with van der Waals surface area (Å²) in [5.41, 5.74) is 0.487. The lowest BCUT2D eigenvalue weighted by Gasteiger charge is -2.49. The highest BCUT2D eigenvalue weighted by Gasteiger charge is 2.54. The molecule has 0 unspecified atom stereocenters. The topological polar surface area (TPSA) is 141 Å². The van der Waals surface area contributed by atoms with Crippen LogP contribution >= 0.6 is 23.1 Å². The second-order valence-corrected chi connectivity index (χ2v) is 9.91. The number of nitroso groups, excluding NO2 is 1. The number of carbonyl (C=O) groups is 4. The summed E-state index contributed by atoms with van der Waals surface area (Å²) in [7, 11) is 0. The second kappa shape index (κ2) is 11.8. The van der Waals surface area contributed by atoms with Gasteiger partial charge in [0.15, 0.2) is 0 Å². The molecule has 1 saturated heterocycles. The molecule has 4 rings (SSSR count). The van der Waals surface area contributed by atoms with Crippen LogP contribution in [-0.4, -0.2) is 59.2 Å². The number of amides is 2. The molecule has 1 fully saturated rings. The highest BCUT2D eigenvalue weighted by molar-refractivity contribution is 8.00. The van der Waals surface area contributed by atoms with Crippen LogP contribution in [0.25, 0.3) is 0 Å². The zero-order valence-corrected chi connectivity index (χ0v) is 20.9. The van der Waals surface area contributed by atoms with Crippen molar-refractivity contribution in [3.63, 3.8) is 0 Å². The van der Waals surface area contributed by atoms with E-state index in [1.807, 2.05) is 17.5 Å². The Morgan fingerprint density at radius 2 is 1.97 bits per heavy atom. The molecule has 2 amide bonds. The molecular formula is C24H21N3O8S2. The van der Waals surface area contributed by atoms with E-state index in [0.717, 1.165) is 4.88 Å². The number of rotatable bonds is 10. The summed E-state index contributed by atoms with van der Waals surface area (Å²) in [5.74, 6) is -1.15. The van der Waals surface area contributed by atoms with Gasteiger partial charge in [0.2, 0.25) is 5.91 Å². The number of hydrogen-bond acceptors (Lipinski definition) is 11. The molecule has 11 nitrogen and oxygen atoms in total. The Morgan fingerprint density at radius 1 is 1.19 bits per heavy atom. The molecule has 192 valence electrons. The fraction of sp³-hybridized carbons (Fsp3) is 0.250. The number of fused-ring (bicyclic) bond motifs is 1. The Bertz CT molecular complexity index is 1240. The zero-order valence-electron chi connectivity index (χ0n) is 19.3. The van der Waals surface area contributed by atoms with Gasteiger partial charge in [-0.25, -0.2) is 9.59 Å². The Morgan fingerprint density at radius 3 is 2.65 bits per heavy atom. The van der Waals surface area contributed by atoms with Gasteiger partial charge < -0.3 is 19.5 Å². The largest absolute Gasteiger partial charge is 0.514 e. The van der Waals surface area contributed by atoms with E-state index >= 15 is 0 Å². The van der Waals surface area contributed by atoms with Gasteiger partial charge in [0.25, 0.3) is 5.91 Å². The van der Waals surface area contributed by atoms with Crippen molar-refractivity contribution in [3.8, 4) is 5.75 Å². The number of carbonyl (C=O) groups excluding carboxylic acids is 4. The minimum Gasteiger partial charge on any atom is -0.457 e. The van der Waals surface area contributed by atoms with Gasteiger partial charge >= 0.3 is 12.1 Å². The lowest BCUT2D eigenvalue weighted by Crippen LogP contribution is -2.70. The molecule has 0 aliphatic carbocycles. The van der Waals surface area contributed by atoms with Gasteiger partial charge in [-0.1, -0.05) is 18.7 Å². The molecule has 0 bridgehead atoms. The van der Waals surface area contributed by atoms with Gasteiger partial charge in [0.1, 0.15) is 41.8 Å². The van der Waals surface area contributed by atoms with Crippen LogP contribution in [0.4, 0.5) is 10.5 Å². The number of thioether (sulfide) groups is 1. The number of benzene rings is 1. The predicted molar refractivity (Wildman–Crippen MR) is 135 cm³/mol. The van der Waals surface area contributed by atoms with Gasteiger partial charge in [0.05, 0.1) is 6.42 Å². The summed E-state index contributed by atoms with van der Waals surface area (Å²) in [4.78, 5) is 63.0. The number of ether oxygens (including phenoxy) is 3. The van der Waals surface area contributed by atoms with Crippen LogP contribution in [-0.2, 0) is 30.3 Å². The molecule has 2 aromatic rings. The predicted octanol–water partition coefficient (Wildman–Crippen LogP) is 3.29. The molecule has 3 heterocycles. The van der Waals surface area contributed by atoms with Crippen molar-refractivity contribution < 1.29 is 33.4 Å². The summed E-state index contributed by atoms with van der Waals surface area (Å²) in [6.07, 6.45) is 0.495. The number of esters is 1. The monoisotopic (exact) mass is 543 g/mol. The van der Waals surface area contributed by atoms with Crippen LogP contribution in [0.1, 0.15) is 4.88 Å². The minimum atomic E-state index is -1.04. The van der Waals surface area contributed by atoms with Crippen LogP contribution in [0.15, 0.2) is 70.9 Å². The summed E-state index contributed by atoms with van der Waals surface area (Å²) in [6.45, 7) is 3.10. The molecule has 2 aliphatic heterocycles. The molecule has 37 heavy (non-hydrogen) atoms. The summed E-state index contributed by atoms with van der Waals surface area (Å²) >= 11 is 2.77. The average molecular weight is 544 g/mol. The molecule has 1 aromatic carbocycles. The number of nitrogens with zero attached hydrogens (tertiary/aromatic N) is 2. The third-order valence-electron chi connectivity index (χ3n) is 5.31. The van der Waals surface area contributed by atoms with Gasteiger partial charge in [-0.2, -0.15) is 0 Å². The Hall–Kier alpha value is -3.97. The standard InChI is InChI=1S/C24H21N3O8S2/c1-2-9-33-23(30)20-14(12-34-24(31)35-16-7-5-15(26-32)6-8-16)13-37-22-19(21(29)27(20)22)25-18(28)11-17-4-3-10-36-17/h2-8,10,19,22H,1,9,11-13H2,(H,25,28)/t19-,22-/m1/s1. The summed E-state index contributed by atoms with van der Waals surface area (Å²) < 4.78 is 15.4. The van der Waals surface area contributed by atoms with E-state index in [-0.39, 0.29) is 48.4 Å². The maximum absolute atomic E-state index is 13.0. The lowest BCUT2D eigenvalue weighted by molar-refractivity contribution is -0.152. The van der Waals surface area contributed by atoms with E-state index in [9.17, 15) is 24.1 Å². The third kappa shape index (κ3) is 6.06. The van der Waals surface area contributed by atoms with Gasteiger partial charge in [-0.05, 0) is 40.9 Å². The zero-order chi connectivity index (χ0) is 26.4. The smallest absolute Gasteiger partial charge is 0.457 e. The van der Waals surface area contributed by atoms with Crippen LogP contribution in [0, 0.1) is 4.91 Å². The van der Waals surface area contributed by atoms with Crippen molar-refractivity contribution in [2.24, 2.45) is 5.18 Å². The maximum Gasteiger partial charge on any atom is 0.514 e. The molecule has 2 atom stereocenters. The Balaban J connectivity index is 1.43. The van der Waals surface area contributed by atoms with Crippen LogP contribution in [0.5, 0.6) is 5.75 Å². The minimum absolute atomic E-state index is 0.0337. The highest BCUT2D eigenvalue weighted by Crippen LogP contribution is 2.40. The normalized spacial score (nSPS) is 18.3. The summed E-state index contributed by atoms with van der Waals surface area (Å²) in [6, 6.07) is 8.37. The highest BCUT2D eigenvalue weighted by atomic mass is 32.2. The van der Waals surface area contributed by atoms with Gasteiger partial charge in [-0.15, -0.1) is 28.0 Å². The van der Waals surface area contributed by atoms with E-state index in [2.05, 4.69) is 17.1 Å². The van der Waals surface area contributed by atoms with Gasteiger partial charge in [-0.3, -0.25) is 14.5 Å². The number of thiophene rings is 1. The number of β-lactam (4-membered cyclic amide) rings is 1. The first-order chi connectivity index (χ1) is 17.9. The quantitative estimate of drug-likeness (QED) is 0.157. The van der Waals surface area contributed by atoms with Crippen molar-refractivity contribution in [2.75, 3.05) is 19.0 Å². The molecule has 0 spiro atoms.